The predicted molar refractivity (Wildman–Crippen MR) is 86.5 cm³/mol. The van der Waals surface area contributed by atoms with E-state index in [1.165, 1.54) is 16.7 Å². The summed E-state index contributed by atoms with van der Waals surface area (Å²) in [6.45, 7) is 3.67. The summed E-state index contributed by atoms with van der Waals surface area (Å²) >= 11 is 3.59. The minimum atomic E-state index is -0.0132. The Labute approximate surface area is 128 Å². The Kier molecular flexibility index (Phi) is 3.57. The Hall–Kier alpha value is -1.32. The Morgan fingerprint density at radius 2 is 1.95 bits per heavy atom. The topological polar surface area (TPSA) is 21.3 Å². The van der Waals surface area contributed by atoms with Gasteiger partial charge in [-0.05, 0) is 47.9 Å². The van der Waals surface area contributed by atoms with Crippen molar-refractivity contribution in [1.29, 1.82) is 0 Å². The molecule has 2 nitrogen and oxygen atoms in total. The molecule has 0 bridgehead atoms. The van der Waals surface area contributed by atoms with Crippen molar-refractivity contribution < 1.29 is 4.74 Å². The number of halogens is 1. The molecule has 2 aromatic carbocycles. The first kappa shape index (κ1) is 13.7. The normalized spacial score (nSPS) is 16.6. The minimum Gasteiger partial charge on any atom is -0.388 e. The second kappa shape index (κ2) is 5.23. The fourth-order valence-electron chi connectivity index (χ4n) is 2.87. The molecule has 104 valence electrons. The summed E-state index contributed by atoms with van der Waals surface area (Å²) in [6.07, 6.45) is 0. The summed E-state index contributed by atoms with van der Waals surface area (Å²) in [6, 6.07) is 15.1. The molecule has 0 saturated carbocycles. The molecule has 1 N–H and O–H groups in total. The van der Waals surface area contributed by atoms with E-state index in [1.54, 1.807) is 0 Å². The molecule has 20 heavy (non-hydrogen) atoms. The van der Waals surface area contributed by atoms with Gasteiger partial charge in [0.15, 0.2) is 0 Å². The van der Waals surface area contributed by atoms with E-state index < -0.39 is 0 Å². The van der Waals surface area contributed by atoms with Gasteiger partial charge in [0.2, 0.25) is 0 Å². The van der Waals surface area contributed by atoms with Gasteiger partial charge in [-0.1, -0.05) is 34.1 Å². The molecule has 1 aliphatic heterocycles. The molecule has 1 aliphatic rings. The Morgan fingerprint density at radius 3 is 2.60 bits per heavy atom. The lowest BCUT2D eigenvalue weighted by atomic mass is 9.71. The highest BCUT2D eigenvalue weighted by Crippen LogP contribution is 2.42. The van der Waals surface area contributed by atoms with E-state index in [0.29, 0.717) is 0 Å². The average molecular weight is 332 g/mol. The first-order valence-corrected chi connectivity index (χ1v) is 7.58. The smallest absolute Gasteiger partial charge is 0.0673 e. The van der Waals surface area contributed by atoms with Gasteiger partial charge in [0.25, 0.3) is 0 Å². The lowest BCUT2D eigenvalue weighted by molar-refractivity contribution is -0.0382. The summed E-state index contributed by atoms with van der Waals surface area (Å²) in [5.74, 6) is 0. The van der Waals surface area contributed by atoms with Gasteiger partial charge in [0, 0.05) is 17.2 Å². The number of nitrogens with one attached hydrogen (secondary N) is 1. The molecule has 0 spiro atoms. The zero-order chi connectivity index (χ0) is 14.2. The van der Waals surface area contributed by atoms with E-state index in [-0.39, 0.29) is 5.41 Å². The van der Waals surface area contributed by atoms with Crippen LogP contribution in [0.25, 0.3) is 0 Å². The molecule has 1 fully saturated rings. The Bertz CT molecular complexity index is 635. The summed E-state index contributed by atoms with van der Waals surface area (Å²) in [4.78, 5) is 0. The van der Waals surface area contributed by atoms with E-state index in [9.17, 15) is 0 Å². The molecular weight excluding hydrogens is 314 g/mol. The lowest BCUT2D eigenvalue weighted by Gasteiger charge is -2.43. The van der Waals surface area contributed by atoms with Crippen LogP contribution in [-0.4, -0.2) is 20.3 Å². The van der Waals surface area contributed by atoms with Crippen LogP contribution in [0.1, 0.15) is 16.7 Å². The SMILES string of the molecule is CNc1cccc(C2(c3cc(Br)ccc3C)COC2)c1. The van der Waals surface area contributed by atoms with Crippen LogP contribution in [0, 0.1) is 6.92 Å². The zero-order valence-electron chi connectivity index (χ0n) is 11.7. The summed E-state index contributed by atoms with van der Waals surface area (Å²) in [7, 11) is 1.95. The largest absolute Gasteiger partial charge is 0.388 e. The quantitative estimate of drug-likeness (QED) is 0.913. The highest BCUT2D eigenvalue weighted by Gasteiger charge is 2.43. The van der Waals surface area contributed by atoms with Gasteiger partial charge in [0.05, 0.1) is 18.6 Å². The maximum Gasteiger partial charge on any atom is 0.0673 e. The van der Waals surface area contributed by atoms with Crippen LogP contribution in [0.5, 0.6) is 0 Å². The van der Waals surface area contributed by atoms with Crippen molar-refractivity contribution in [3.8, 4) is 0 Å². The fourth-order valence-corrected chi connectivity index (χ4v) is 3.23. The van der Waals surface area contributed by atoms with Gasteiger partial charge >= 0.3 is 0 Å². The molecule has 0 unspecified atom stereocenters. The van der Waals surface area contributed by atoms with Crippen LogP contribution < -0.4 is 5.32 Å². The zero-order valence-corrected chi connectivity index (χ0v) is 13.3. The lowest BCUT2D eigenvalue weighted by Crippen LogP contribution is -2.48. The average Bonchev–Trinajstić information content (AvgIpc) is 2.42. The van der Waals surface area contributed by atoms with Gasteiger partial charge in [-0.3, -0.25) is 0 Å². The van der Waals surface area contributed by atoms with Crippen molar-refractivity contribution in [3.05, 3.63) is 63.6 Å². The summed E-state index contributed by atoms with van der Waals surface area (Å²) in [5, 5.41) is 3.22. The third kappa shape index (κ3) is 2.15. The molecule has 3 rings (SSSR count). The van der Waals surface area contributed by atoms with Crippen LogP contribution in [0.3, 0.4) is 0 Å². The van der Waals surface area contributed by atoms with E-state index >= 15 is 0 Å². The Morgan fingerprint density at radius 1 is 1.15 bits per heavy atom. The Balaban J connectivity index is 2.13. The number of anilines is 1. The van der Waals surface area contributed by atoms with E-state index in [2.05, 4.69) is 70.6 Å². The number of hydrogen-bond donors (Lipinski definition) is 1. The van der Waals surface area contributed by atoms with Crippen molar-refractivity contribution in [2.45, 2.75) is 12.3 Å². The standard InChI is InChI=1S/C17H18BrNO/c1-12-6-7-14(18)9-16(12)17(10-20-11-17)13-4-3-5-15(8-13)19-2/h3-9,19H,10-11H2,1-2H3. The molecule has 2 aromatic rings. The summed E-state index contributed by atoms with van der Waals surface area (Å²) in [5.41, 5.74) is 5.11. The maximum atomic E-state index is 5.58. The monoisotopic (exact) mass is 331 g/mol. The molecule has 0 aromatic heterocycles. The number of ether oxygens (including phenoxy) is 1. The molecule has 0 radical (unpaired) electrons. The van der Waals surface area contributed by atoms with Crippen LogP contribution in [0.2, 0.25) is 0 Å². The van der Waals surface area contributed by atoms with Crippen LogP contribution >= 0.6 is 15.9 Å². The maximum absolute atomic E-state index is 5.58. The van der Waals surface area contributed by atoms with Crippen LogP contribution in [-0.2, 0) is 10.2 Å². The molecule has 0 aliphatic carbocycles. The van der Waals surface area contributed by atoms with Gasteiger partial charge < -0.3 is 10.1 Å². The van der Waals surface area contributed by atoms with Crippen molar-refractivity contribution >= 4 is 21.6 Å². The first-order valence-electron chi connectivity index (χ1n) is 6.78. The third-order valence-electron chi connectivity index (χ3n) is 4.12. The minimum absolute atomic E-state index is 0.0132. The van der Waals surface area contributed by atoms with Gasteiger partial charge in [-0.2, -0.15) is 0 Å². The first-order chi connectivity index (χ1) is 9.65. The number of rotatable bonds is 3. The highest BCUT2D eigenvalue weighted by molar-refractivity contribution is 9.10. The number of aryl methyl sites for hydroxylation is 1. The van der Waals surface area contributed by atoms with E-state index in [0.717, 1.165) is 23.4 Å². The molecule has 0 amide bonds. The van der Waals surface area contributed by atoms with Crippen molar-refractivity contribution in [1.82, 2.24) is 0 Å². The van der Waals surface area contributed by atoms with Gasteiger partial charge in [0.1, 0.15) is 0 Å². The highest BCUT2D eigenvalue weighted by atomic mass is 79.9. The second-order valence-electron chi connectivity index (χ2n) is 5.36. The number of benzene rings is 2. The van der Waals surface area contributed by atoms with Crippen molar-refractivity contribution in [2.24, 2.45) is 0 Å². The predicted octanol–water partition coefficient (Wildman–Crippen LogP) is 4.12. The van der Waals surface area contributed by atoms with Crippen LogP contribution in [0.4, 0.5) is 5.69 Å². The van der Waals surface area contributed by atoms with Gasteiger partial charge in [-0.15, -0.1) is 0 Å². The van der Waals surface area contributed by atoms with Crippen LogP contribution in [0.15, 0.2) is 46.9 Å². The molecular formula is C17H18BrNO. The molecule has 1 saturated heterocycles. The van der Waals surface area contributed by atoms with Crippen molar-refractivity contribution in [2.75, 3.05) is 25.6 Å². The molecule has 0 atom stereocenters. The molecule has 1 heterocycles. The summed E-state index contributed by atoms with van der Waals surface area (Å²) < 4.78 is 6.70. The van der Waals surface area contributed by atoms with E-state index in [1.807, 2.05) is 7.05 Å². The molecule has 3 heteroatoms. The van der Waals surface area contributed by atoms with Crippen molar-refractivity contribution in [3.63, 3.8) is 0 Å². The fraction of sp³-hybridized carbons (Fsp3) is 0.294. The number of hydrogen-bond acceptors (Lipinski definition) is 2. The third-order valence-corrected chi connectivity index (χ3v) is 4.61. The second-order valence-corrected chi connectivity index (χ2v) is 6.28. The van der Waals surface area contributed by atoms with Gasteiger partial charge in [-0.25, -0.2) is 0 Å². The van der Waals surface area contributed by atoms with E-state index in [4.69, 9.17) is 4.74 Å².